The maximum absolute atomic E-state index is 12.4. The maximum Gasteiger partial charge on any atom is 0.176 e. The Balaban J connectivity index is 2.00. The van der Waals surface area contributed by atoms with Gasteiger partial charge in [-0.25, -0.2) is 0 Å². The molecule has 110 valence electrons. The smallest absolute Gasteiger partial charge is 0.176 e. The first kappa shape index (κ1) is 15.6. The van der Waals surface area contributed by atoms with Crippen LogP contribution in [0, 0.1) is 0 Å². The third-order valence-electron chi connectivity index (χ3n) is 4.23. The number of thioether (sulfide) groups is 1. The normalized spacial score (nSPS) is 20.6. The number of carbonyl (C=O) groups excluding carboxylic acids is 1. The van der Waals surface area contributed by atoms with E-state index >= 15 is 0 Å². The van der Waals surface area contributed by atoms with Crippen LogP contribution in [0.15, 0.2) is 29.2 Å². The van der Waals surface area contributed by atoms with Crippen LogP contribution in [0.5, 0.6) is 0 Å². The molecule has 0 saturated carbocycles. The van der Waals surface area contributed by atoms with Crippen LogP contribution in [-0.4, -0.2) is 36.1 Å². The Morgan fingerprint density at radius 3 is 2.65 bits per heavy atom. The molecule has 20 heavy (non-hydrogen) atoms. The third kappa shape index (κ3) is 4.10. The highest BCUT2D eigenvalue weighted by Crippen LogP contribution is 2.20. The zero-order chi connectivity index (χ0) is 14.4. The van der Waals surface area contributed by atoms with Gasteiger partial charge in [0.2, 0.25) is 0 Å². The second-order valence-corrected chi connectivity index (χ2v) is 6.41. The topological polar surface area (TPSA) is 20.3 Å². The molecule has 1 fully saturated rings. The lowest BCUT2D eigenvalue weighted by molar-refractivity contribution is 0.0890. The standard InChI is InChI=1S/C17H25NOS/c1-3-15-7-5-4-6-12-18(15)13-17(19)14-8-10-16(20-2)11-9-14/h8-11,15H,3-7,12-13H2,1-2H3. The lowest BCUT2D eigenvalue weighted by Crippen LogP contribution is -2.38. The zero-order valence-corrected chi connectivity index (χ0v) is 13.4. The minimum atomic E-state index is 0.262. The lowest BCUT2D eigenvalue weighted by Gasteiger charge is -2.28. The fraction of sp³-hybridized carbons (Fsp3) is 0.588. The summed E-state index contributed by atoms with van der Waals surface area (Å²) in [6, 6.07) is 8.60. The van der Waals surface area contributed by atoms with Gasteiger partial charge in [0.25, 0.3) is 0 Å². The minimum absolute atomic E-state index is 0.262. The van der Waals surface area contributed by atoms with E-state index in [0.717, 1.165) is 18.5 Å². The molecule has 0 bridgehead atoms. The van der Waals surface area contributed by atoms with Crippen LogP contribution in [0.1, 0.15) is 49.4 Å². The molecular weight excluding hydrogens is 266 g/mol. The van der Waals surface area contributed by atoms with Crippen molar-refractivity contribution in [3.63, 3.8) is 0 Å². The zero-order valence-electron chi connectivity index (χ0n) is 12.6. The monoisotopic (exact) mass is 291 g/mol. The summed E-state index contributed by atoms with van der Waals surface area (Å²) in [4.78, 5) is 16.0. The maximum atomic E-state index is 12.4. The van der Waals surface area contributed by atoms with Gasteiger partial charge in [0.15, 0.2) is 5.78 Å². The predicted octanol–water partition coefficient (Wildman–Crippen LogP) is 4.25. The van der Waals surface area contributed by atoms with Gasteiger partial charge in [0.05, 0.1) is 6.54 Å². The number of benzene rings is 1. The van der Waals surface area contributed by atoms with Crippen molar-refractivity contribution in [3.8, 4) is 0 Å². The Hall–Kier alpha value is -0.800. The van der Waals surface area contributed by atoms with Gasteiger partial charge < -0.3 is 0 Å². The van der Waals surface area contributed by atoms with Crippen LogP contribution < -0.4 is 0 Å². The Bertz CT molecular complexity index is 429. The quantitative estimate of drug-likeness (QED) is 0.597. The fourth-order valence-electron chi connectivity index (χ4n) is 2.96. The second kappa shape index (κ2) is 7.84. The molecule has 1 heterocycles. The highest BCUT2D eigenvalue weighted by molar-refractivity contribution is 7.98. The Morgan fingerprint density at radius 1 is 1.25 bits per heavy atom. The number of carbonyl (C=O) groups is 1. The average Bonchev–Trinajstić information content (AvgIpc) is 2.72. The first-order valence-electron chi connectivity index (χ1n) is 7.66. The summed E-state index contributed by atoms with van der Waals surface area (Å²) in [6.45, 7) is 3.89. The largest absolute Gasteiger partial charge is 0.293 e. The van der Waals surface area contributed by atoms with E-state index in [9.17, 15) is 4.79 Å². The Kier molecular flexibility index (Phi) is 6.11. The molecule has 2 rings (SSSR count). The van der Waals surface area contributed by atoms with Crippen LogP contribution in [-0.2, 0) is 0 Å². The van der Waals surface area contributed by atoms with Crippen molar-refractivity contribution < 1.29 is 4.79 Å². The van der Waals surface area contributed by atoms with Crippen molar-refractivity contribution in [2.24, 2.45) is 0 Å². The summed E-state index contributed by atoms with van der Waals surface area (Å²) in [6.07, 6.45) is 8.30. The van der Waals surface area contributed by atoms with Gasteiger partial charge in [-0.15, -0.1) is 11.8 Å². The molecule has 2 nitrogen and oxygen atoms in total. The molecule has 0 aliphatic carbocycles. The van der Waals surface area contributed by atoms with E-state index < -0.39 is 0 Å². The van der Waals surface area contributed by atoms with E-state index in [4.69, 9.17) is 0 Å². The Morgan fingerprint density at radius 2 is 2.00 bits per heavy atom. The van der Waals surface area contributed by atoms with Crippen molar-refractivity contribution in [3.05, 3.63) is 29.8 Å². The van der Waals surface area contributed by atoms with Gasteiger partial charge in [-0.1, -0.05) is 31.9 Å². The van der Waals surface area contributed by atoms with Crippen molar-refractivity contribution in [2.45, 2.75) is 50.0 Å². The van der Waals surface area contributed by atoms with Gasteiger partial charge in [0, 0.05) is 16.5 Å². The molecule has 1 unspecified atom stereocenters. The molecule has 0 amide bonds. The van der Waals surface area contributed by atoms with E-state index in [-0.39, 0.29) is 5.78 Å². The molecule has 1 aliphatic rings. The average molecular weight is 291 g/mol. The molecule has 1 aromatic rings. The molecular formula is C17H25NOS. The molecule has 3 heteroatoms. The second-order valence-electron chi connectivity index (χ2n) is 5.53. The van der Waals surface area contributed by atoms with Crippen molar-refractivity contribution in [1.29, 1.82) is 0 Å². The SMILES string of the molecule is CCC1CCCCCN1CC(=O)c1ccc(SC)cc1. The Labute approximate surface area is 126 Å². The number of rotatable bonds is 5. The molecule has 0 aromatic heterocycles. The van der Waals surface area contributed by atoms with E-state index in [2.05, 4.69) is 18.1 Å². The van der Waals surface area contributed by atoms with Crippen LogP contribution in [0.2, 0.25) is 0 Å². The van der Waals surface area contributed by atoms with Crippen LogP contribution >= 0.6 is 11.8 Å². The number of Topliss-reactive ketones (excluding diaryl/α,β-unsaturated/α-hetero) is 1. The third-order valence-corrected chi connectivity index (χ3v) is 4.97. The lowest BCUT2D eigenvalue weighted by atomic mass is 10.1. The number of hydrogen-bond acceptors (Lipinski definition) is 3. The van der Waals surface area contributed by atoms with Crippen LogP contribution in [0.3, 0.4) is 0 Å². The summed E-state index contributed by atoms with van der Waals surface area (Å²) in [7, 11) is 0. The molecule has 0 spiro atoms. The first-order chi connectivity index (χ1) is 9.74. The fourth-order valence-corrected chi connectivity index (χ4v) is 3.37. The van der Waals surface area contributed by atoms with E-state index in [1.165, 1.54) is 30.6 Å². The molecule has 1 atom stereocenters. The minimum Gasteiger partial charge on any atom is -0.293 e. The summed E-state index contributed by atoms with van der Waals surface area (Å²) < 4.78 is 0. The molecule has 0 N–H and O–H groups in total. The number of likely N-dealkylation sites (tertiary alicyclic amines) is 1. The summed E-state index contributed by atoms with van der Waals surface area (Å²) in [5.41, 5.74) is 0.849. The first-order valence-corrected chi connectivity index (χ1v) is 8.88. The number of nitrogens with zero attached hydrogens (tertiary/aromatic N) is 1. The van der Waals surface area contributed by atoms with Gasteiger partial charge in [-0.2, -0.15) is 0 Å². The van der Waals surface area contributed by atoms with Gasteiger partial charge in [0.1, 0.15) is 0 Å². The summed E-state index contributed by atoms with van der Waals surface area (Å²) >= 11 is 1.71. The van der Waals surface area contributed by atoms with Crippen LogP contribution in [0.25, 0.3) is 0 Å². The molecule has 1 aromatic carbocycles. The highest BCUT2D eigenvalue weighted by Gasteiger charge is 2.21. The molecule has 0 radical (unpaired) electrons. The van der Waals surface area contributed by atoms with Gasteiger partial charge >= 0.3 is 0 Å². The van der Waals surface area contributed by atoms with E-state index in [1.807, 2.05) is 24.3 Å². The van der Waals surface area contributed by atoms with Gasteiger partial charge in [-0.05, 0) is 44.2 Å². The van der Waals surface area contributed by atoms with Crippen molar-refractivity contribution in [2.75, 3.05) is 19.3 Å². The number of ketones is 1. The predicted molar refractivity (Wildman–Crippen MR) is 86.7 cm³/mol. The molecule has 1 saturated heterocycles. The van der Waals surface area contributed by atoms with Gasteiger partial charge in [-0.3, -0.25) is 9.69 Å². The summed E-state index contributed by atoms with van der Waals surface area (Å²) in [5.74, 6) is 0.262. The van der Waals surface area contributed by atoms with E-state index in [1.54, 1.807) is 11.8 Å². The van der Waals surface area contributed by atoms with Crippen molar-refractivity contribution >= 4 is 17.5 Å². The van der Waals surface area contributed by atoms with Crippen molar-refractivity contribution in [1.82, 2.24) is 4.90 Å². The highest BCUT2D eigenvalue weighted by atomic mass is 32.2. The molecule has 1 aliphatic heterocycles. The summed E-state index contributed by atoms with van der Waals surface area (Å²) in [5, 5.41) is 0. The van der Waals surface area contributed by atoms with Crippen LogP contribution in [0.4, 0.5) is 0 Å². The van der Waals surface area contributed by atoms with E-state index in [0.29, 0.717) is 12.6 Å². The number of hydrogen-bond donors (Lipinski definition) is 0.